The number of anilines is 1. The molecule has 1 N–H and O–H groups in total. The number of pyridine rings is 1. The molecule has 1 saturated heterocycles. The quantitative estimate of drug-likeness (QED) is 0.858. The molecule has 2 heterocycles. The summed E-state index contributed by atoms with van der Waals surface area (Å²) in [6.07, 6.45) is 2.56. The van der Waals surface area contributed by atoms with Gasteiger partial charge in [0.2, 0.25) is 5.91 Å². The summed E-state index contributed by atoms with van der Waals surface area (Å²) in [5, 5.41) is 11.7. The first-order chi connectivity index (χ1) is 10.2. The number of rotatable bonds is 5. The number of carbonyl (C=O) groups excluding carboxylic acids is 1. The van der Waals surface area contributed by atoms with Crippen LogP contribution in [-0.4, -0.2) is 55.1 Å². The Morgan fingerprint density at radius 1 is 1.38 bits per heavy atom. The predicted molar refractivity (Wildman–Crippen MR) is 80.9 cm³/mol. The second kappa shape index (κ2) is 7.60. The molecule has 0 aliphatic carbocycles. The van der Waals surface area contributed by atoms with Gasteiger partial charge in [-0.2, -0.15) is 5.26 Å². The molecule has 1 aromatic rings. The van der Waals surface area contributed by atoms with E-state index in [1.54, 1.807) is 12.3 Å². The van der Waals surface area contributed by atoms with Crippen molar-refractivity contribution in [3.8, 4) is 6.07 Å². The monoisotopic (exact) mass is 287 g/mol. The first kappa shape index (κ1) is 15.3. The molecule has 0 spiro atoms. The van der Waals surface area contributed by atoms with Crippen LogP contribution in [0.3, 0.4) is 0 Å². The van der Waals surface area contributed by atoms with Gasteiger partial charge in [-0.15, -0.1) is 0 Å². The van der Waals surface area contributed by atoms with Gasteiger partial charge in [-0.05, 0) is 18.6 Å². The fourth-order valence-electron chi connectivity index (χ4n) is 2.30. The molecule has 0 atom stereocenters. The van der Waals surface area contributed by atoms with E-state index < -0.39 is 0 Å². The second-order valence-corrected chi connectivity index (χ2v) is 5.13. The molecule has 1 fully saturated rings. The number of amides is 1. The molecule has 0 aromatic carbocycles. The van der Waals surface area contributed by atoms with Crippen LogP contribution in [0.1, 0.15) is 18.9 Å². The molecule has 0 saturated carbocycles. The summed E-state index contributed by atoms with van der Waals surface area (Å²) in [6, 6.07) is 5.73. The van der Waals surface area contributed by atoms with Crippen molar-refractivity contribution in [2.24, 2.45) is 0 Å². The molecular weight excluding hydrogens is 266 g/mol. The third-order valence-electron chi connectivity index (χ3n) is 3.51. The van der Waals surface area contributed by atoms with Gasteiger partial charge in [0.1, 0.15) is 11.9 Å². The lowest BCUT2D eigenvalue weighted by atomic mass is 10.2. The Morgan fingerprint density at radius 2 is 2.14 bits per heavy atom. The lowest BCUT2D eigenvalue weighted by molar-refractivity contribution is -0.122. The molecule has 6 nitrogen and oxygen atoms in total. The summed E-state index contributed by atoms with van der Waals surface area (Å²) in [4.78, 5) is 20.3. The van der Waals surface area contributed by atoms with Gasteiger partial charge in [-0.1, -0.05) is 6.92 Å². The van der Waals surface area contributed by atoms with E-state index in [0.717, 1.165) is 45.0 Å². The van der Waals surface area contributed by atoms with Gasteiger partial charge in [0, 0.05) is 38.9 Å². The van der Waals surface area contributed by atoms with Crippen molar-refractivity contribution < 1.29 is 4.79 Å². The average molecular weight is 287 g/mol. The Labute approximate surface area is 125 Å². The molecule has 112 valence electrons. The first-order valence-corrected chi connectivity index (χ1v) is 7.33. The van der Waals surface area contributed by atoms with E-state index in [0.29, 0.717) is 12.1 Å². The summed E-state index contributed by atoms with van der Waals surface area (Å²) in [6.45, 7) is 6.65. The van der Waals surface area contributed by atoms with Gasteiger partial charge in [0.25, 0.3) is 0 Å². The van der Waals surface area contributed by atoms with Crippen LogP contribution in [0.25, 0.3) is 0 Å². The van der Waals surface area contributed by atoms with Crippen molar-refractivity contribution in [3.63, 3.8) is 0 Å². The maximum Gasteiger partial charge on any atom is 0.234 e. The SMILES string of the molecule is CCCNC(=O)CN1CCN(c2ccc(C#N)cn2)CC1. The maximum absolute atomic E-state index is 11.7. The van der Waals surface area contributed by atoms with Gasteiger partial charge >= 0.3 is 0 Å². The van der Waals surface area contributed by atoms with Crippen LogP contribution >= 0.6 is 0 Å². The number of nitrogens with zero attached hydrogens (tertiary/aromatic N) is 4. The van der Waals surface area contributed by atoms with Crippen molar-refractivity contribution in [3.05, 3.63) is 23.9 Å². The van der Waals surface area contributed by atoms with Crippen LogP contribution in [0, 0.1) is 11.3 Å². The van der Waals surface area contributed by atoms with E-state index in [1.807, 2.05) is 13.0 Å². The Bertz CT molecular complexity index is 500. The van der Waals surface area contributed by atoms with Crippen LogP contribution in [-0.2, 0) is 4.79 Å². The van der Waals surface area contributed by atoms with E-state index in [-0.39, 0.29) is 5.91 Å². The largest absolute Gasteiger partial charge is 0.355 e. The Balaban J connectivity index is 1.80. The van der Waals surface area contributed by atoms with Crippen LogP contribution < -0.4 is 10.2 Å². The smallest absolute Gasteiger partial charge is 0.234 e. The topological polar surface area (TPSA) is 72.3 Å². The fourth-order valence-corrected chi connectivity index (χ4v) is 2.30. The molecule has 2 rings (SSSR count). The number of nitriles is 1. The Hall–Kier alpha value is -2.13. The Morgan fingerprint density at radius 3 is 2.71 bits per heavy atom. The highest BCUT2D eigenvalue weighted by Crippen LogP contribution is 2.13. The number of hydrogen-bond acceptors (Lipinski definition) is 5. The number of carbonyl (C=O) groups is 1. The van der Waals surface area contributed by atoms with Gasteiger partial charge in [-0.25, -0.2) is 4.98 Å². The molecule has 1 aliphatic rings. The lowest BCUT2D eigenvalue weighted by Gasteiger charge is -2.35. The highest BCUT2D eigenvalue weighted by molar-refractivity contribution is 5.78. The molecular formula is C15H21N5O. The summed E-state index contributed by atoms with van der Waals surface area (Å²) in [7, 11) is 0. The van der Waals surface area contributed by atoms with E-state index in [4.69, 9.17) is 5.26 Å². The highest BCUT2D eigenvalue weighted by atomic mass is 16.2. The predicted octanol–water partition coefficient (Wildman–Crippen LogP) is 0.601. The number of nitrogens with one attached hydrogen (secondary N) is 1. The average Bonchev–Trinajstić information content (AvgIpc) is 2.54. The number of piperazine rings is 1. The Kier molecular flexibility index (Phi) is 5.52. The molecule has 21 heavy (non-hydrogen) atoms. The van der Waals surface area contributed by atoms with Crippen molar-refractivity contribution >= 4 is 11.7 Å². The first-order valence-electron chi connectivity index (χ1n) is 7.33. The fraction of sp³-hybridized carbons (Fsp3) is 0.533. The zero-order valence-electron chi connectivity index (χ0n) is 12.4. The van der Waals surface area contributed by atoms with Crippen molar-refractivity contribution in [2.75, 3.05) is 44.2 Å². The summed E-state index contributed by atoms with van der Waals surface area (Å²) in [5.41, 5.74) is 0.574. The zero-order valence-corrected chi connectivity index (χ0v) is 12.4. The number of hydrogen-bond donors (Lipinski definition) is 1. The lowest BCUT2D eigenvalue weighted by Crippen LogP contribution is -2.49. The molecule has 0 radical (unpaired) electrons. The van der Waals surface area contributed by atoms with Crippen LogP contribution in [0.2, 0.25) is 0 Å². The van der Waals surface area contributed by atoms with E-state index in [9.17, 15) is 4.79 Å². The van der Waals surface area contributed by atoms with E-state index in [1.165, 1.54) is 0 Å². The molecule has 0 unspecified atom stereocenters. The second-order valence-electron chi connectivity index (χ2n) is 5.13. The van der Waals surface area contributed by atoms with Gasteiger partial charge < -0.3 is 10.2 Å². The normalized spacial score (nSPS) is 15.5. The minimum Gasteiger partial charge on any atom is -0.355 e. The minimum absolute atomic E-state index is 0.0989. The van der Waals surface area contributed by atoms with Crippen LogP contribution in [0.15, 0.2) is 18.3 Å². The highest BCUT2D eigenvalue weighted by Gasteiger charge is 2.19. The zero-order chi connectivity index (χ0) is 15.1. The van der Waals surface area contributed by atoms with Crippen molar-refractivity contribution in [1.29, 1.82) is 5.26 Å². The summed E-state index contributed by atoms with van der Waals surface area (Å²) >= 11 is 0. The van der Waals surface area contributed by atoms with Crippen molar-refractivity contribution in [1.82, 2.24) is 15.2 Å². The van der Waals surface area contributed by atoms with Crippen LogP contribution in [0.4, 0.5) is 5.82 Å². The molecule has 1 aliphatic heterocycles. The molecule has 1 aromatic heterocycles. The minimum atomic E-state index is 0.0989. The van der Waals surface area contributed by atoms with Gasteiger partial charge in [-0.3, -0.25) is 9.69 Å². The third kappa shape index (κ3) is 4.43. The summed E-state index contributed by atoms with van der Waals surface area (Å²) < 4.78 is 0. The molecule has 6 heteroatoms. The van der Waals surface area contributed by atoms with Crippen LogP contribution in [0.5, 0.6) is 0 Å². The third-order valence-corrected chi connectivity index (χ3v) is 3.51. The van der Waals surface area contributed by atoms with Gasteiger partial charge in [0.15, 0.2) is 0 Å². The van der Waals surface area contributed by atoms with Crippen molar-refractivity contribution in [2.45, 2.75) is 13.3 Å². The summed E-state index contributed by atoms with van der Waals surface area (Å²) in [5.74, 6) is 0.992. The number of aromatic nitrogens is 1. The van der Waals surface area contributed by atoms with E-state index >= 15 is 0 Å². The van der Waals surface area contributed by atoms with E-state index in [2.05, 4.69) is 26.2 Å². The van der Waals surface area contributed by atoms with Gasteiger partial charge in [0.05, 0.1) is 12.1 Å². The molecule has 0 bridgehead atoms. The maximum atomic E-state index is 11.7. The standard InChI is InChI=1S/C15H21N5O/c1-2-5-17-15(21)12-19-6-8-20(9-7-19)14-4-3-13(10-16)11-18-14/h3-4,11H,2,5-9,12H2,1H3,(H,17,21). The molecule has 1 amide bonds.